The average molecular weight is 401 g/mol. The summed E-state index contributed by atoms with van der Waals surface area (Å²) in [7, 11) is 0. The predicted octanol–water partition coefficient (Wildman–Crippen LogP) is 1.68. The summed E-state index contributed by atoms with van der Waals surface area (Å²) < 4.78 is 12.1. The van der Waals surface area contributed by atoms with E-state index < -0.39 is 5.97 Å². The Morgan fingerprint density at radius 3 is 2.93 bits per heavy atom. The normalized spacial score (nSPS) is 11.2. The molecule has 146 valence electrons. The number of benzene rings is 1. The zero-order valence-corrected chi connectivity index (χ0v) is 16.0. The van der Waals surface area contributed by atoms with Crippen molar-refractivity contribution in [3.05, 3.63) is 41.9 Å². The van der Waals surface area contributed by atoms with Gasteiger partial charge in [0.2, 0.25) is 5.16 Å². The van der Waals surface area contributed by atoms with E-state index in [1.165, 1.54) is 23.2 Å². The van der Waals surface area contributed by atoms with Crippen LogP contribution in [0.5, 0.6) is 11.5 Å². The summed E-state index contributed by atoms with van der Waals surface area (Å²) in [5.74, 6) is -0.0952. The van der Waals surface area contributed by atoms with Gasteiger partial charge in [0, 0.05) is 5.75 Å². The maximum Gasteiger partial charge on any atom is 0.212 e. The van der Waals surface area contributed by atoms with E-state index in [1.54, 1.807) is 25.1 Å². The molecule has 0 spiro atoms. The van der Waals surface area contributed by atoms with Gasteiger partial charge in [-0.25, -0.2) is 0 Å². The van der Waals surface area contributed by atoms with E-state index in [2.05, 4.69) is 15.3 Å². The molecular weight excluding hydrogens is 384 g/mol. The van der Waals surface area contributed by atoms with E-state index in [0.717, 1.165) is 11.8 Å². The van der Waals surface area contributed by atoms with Crippen molar-refractivity contribution < 1.29 is 24.2 Å². The van der Waals surface area contributed by atoms with Gasteiger partial charge < -0.3 is 24.2 Å². The van der Waals surface area contributed by atoms with E-state index in [1.807, 2.05) is 6.92 Å². The summed E-state index contributed by atoms with van der Waals surface area (Å²) in [6.45, 7) is 4.01. The van der Waals surface area contributed by atoms with Crippen LogP contribution in [0.4, 0.5) is 0 Å². The first-order chi connectivity index (χ1) is 13.5. The number of carbonyl (C=O) groups is 1. The third-order valence-electron chi connectivity index (χ3n) is 3.64. The van der Waals surface area contributed by atoms with E-state index in [0.29, 0.717) is 40.2 Å². The van der Waals surface area contributed by atoms with Crippen molar-refractivity contribution in [3.8, 4) is 22.9 Å². The van der Waals surface area contributed by atoms with Crippen LogP contribution in [-0.4, -0.2) is 44.5 Å². The molecule has 0 aliphatic rings. The van der Waals surface area contributed by atoms with Crippen LogP contribution < -0.4 is 9.84 Å². The third-order valence-corrected chi connectivity index (χ3v) is 4.53. The van der Waals surface area contributed by atoms with Crippen LogP contribution in [0.2, 0.25) is 0 Å². The van der Waals surface area contributed by atoms with Crippen LogP contribution >= 0.6 is 11.8 Å². The number of hydrogen-bond donors (Lipinski definition) is 1. The topological polar surface area (TPSA) is 126 Å². The van der Waals surface area contributed by atoms with Gasteiger partial charge in [-0.05, 0) is 43.7 Å². The third kappa shape index (κ3) is 4.34. The Morgan fingerprint density at radius 2 is 2.25 bits per heavy atom. The molecule has 9 nitrogen and oxygen atoms in total. The minimum Gasteiger partial charge on any atom is -0.549 e. The Labute approximate surface area is 164 Å². The summed E-state index contributed by atoms with van der Waals surface area (Å²) in [4.78, 5) is 10.8. The minimum absolute atomic E-state index is 0.0308. The molecule has 1 N–H and O–H groups in total. The van der Waals surface area contributed by atoms with Gasteiger partial charge in [-0.1, -0.05) is 11.8 Å². The molecule has 0 fully saturated rings. The smallest absolute Gasteiger partial charge is 0.212 e. The molecule has 2 heterocycles. The Kier molecular flexibility index (Phi) is 5.99. The zero-order chi connectivity index (χ0) is 20.1. The summed E-state index contributed by atoms with van der Waals surface area (Å²) in [6.07, 6.45) is 3.06. The molecule has 10 heteroatoms. The standard InChI is InChI=1S/C18H18N4O5S/c1-3-26-15-8-12(4-5-14(15)23)9-19-22-17(13-6-7-27-11(13)2)20-21-18(22)28-10-16(24)25/h4-9,23H,3,10H2,1-2H3,(H,24,25)/p-1/b19-9+. The number of carboxylic acid groups (broad SMARTS) is 1. The SMILES string of the molecule is CCOc1cc(/C=N/n2c(SCC(=O)[O-])nnc2-c2ccoc2C)ccc1O. The number of rotatable bonds is 8. The fourth-order valence-corrected chi connectivity index (χ4v) is 2.98. The largest absolute Gasteiger partial charge is 0.549 e. The van der Waals surface area contributed by atoms with E-state index in [4.69, 9.17) is 9.15 Å². The molecule has 0 atom stereocenters. The Balaban J connectivity index is 1.98. The monoisotopic (exact) mass is 401 g/mol. The Bertz CT molecular complexity index is 1010. The number of aryl methyl sites for hydroxylation is 1. The molecule has 28 heavy (non-hydrogen) atoms. The molecule has 0 aliphatic carbocycles. The summed E-state index contributed by atoms with van der Waals surface area (Å²) >= 11 is 0.946. The molecule has 0 bridgehead atoms. The molecule has 3 rings (SSSR count). The maximum atomic E-state index is 10.8. The Morgan fingerprint density at radius 1 is 1.43 bits per heavy atom. The molecule has 0 amide bonds. The highest BCUT2D eigenvalue weighted by Gasteiger charge is 2.17. The van der Waals surface area contributed by atoms with Gasteiger partial charge in [-0.15, -0.1) is 10.2 Å². The van der Waals surface area contributed by atoms with E-state index in [9.17, 15) is 15.0 Å². The van der Waals surface area contributed by atoms with Crippen LogP contribution in [0.25, 0.3) is 11.4 Å². The number of ether oxygens (including phenoxy) is 1. The molecule has 0 unspecified atom stereocenters. The van der Waals surface area contributed by atoms with E-state index >= 15 is 0 Å². The van der Waals surface area contributed by atoms with Crippen molar-refractivity contribution in [3.63, 3.8) is 0 Å². The number of aromatic hydroxyl groups is 1. The second-order valence-corrected chi connectivity index (χ2v) is 6.52. The number of phenols is 1. The number of hydrogen-bond acceptors (Lipinski definition) is 9. The van der Waals surface area contributed by atoms with Crippen molar-refractivity contribution >= 4 is 23.9 Å². The van der Waals surface area contributed by atoms with Gasteiger partial charge in [0.25, 0.3) is 0 Å². The fraction of sp³-hybridized carbons (Fsp3) is 0.222. The first-order valence-corrected chi connectivity index (χ1v) is 9.30. The van der Waals surface area contributed by atoms with Gasteiger partial charge in [0.15, 0.2) is 17.3 Å². The fourth-order valence-electron chi connectivity index (χ4n) is 2.37. The van der Waals surface area contributed by atoms with Gasteiger partial charge in [0.1, 0.15) is 5.76 Å². The lowest BCUT2D eigenvalue weighted by atomic mass is 10.2. The van der Waals surface area contributed by atoms with Crippen LogP contribution in [-0.2, 0) is 4.79 Å². The molecule has 0 radical (unpaired) electrons. The van der Waals surface area contributed by atoms with Crippen LogP contribution in [0, 0.1) is 6.92 Å². The Hall–Kier alpha value is -3.27. The molecule has 0 aliphatic heterocycles. The molecular formula is C18H17N4O5S-. The molecule has 2 aromatic heterocycles. The number of furan rings is 1. The van der Waals surface area contributed by atoms with E-state index in [-0.39, 0.29) is 11.5 Å². The summed E-state index contributed by atoms with van der Waals surface area (Å²) in [6, 6.07) is 6.55. The highest BCUT2D eigenvalue weighted by Crippen LogP contribution is 2.28. The average Bonchev–Trinajstić information content (AvgIpc) is 3.26. The second kappa shape index (κ2) is 8.61. The van der Waals surface area contributed by atoms with Crippen molar-refractivity contribution in [2.75, 3.05) is 12.4 Å². The second-order valence-electron chi connectivity index (χ2n) is 5.57. The zero-order valence-electron chi connectivity index (χ0n) is 15.2. The number of thioether (sulfide) groups is 1. The number of carbonyl (C=O) groups excluding carboxylic acids is 1. The minimum atomic E-state index is -1.22. The van der Waals surface area contributed by atoms with Crippen molar-refractivity contribution in [2.24, 2.45) is 5.10 Å². The first kappa shape index (κ1) is 19.5. The number of aliphatic carboxylic acids is 1. The molecule has 1 aromatic carbocycles. The van der Waals surface area contributed by atoms with Crippen molar-refractivity contribution in [1.82, 2.24) is 14.9 Å². The predicted molar refractivity (Wildman–Crippen MR) is 100 cm³/mol. The highest BCUT2D eigenvalue weighted by atomic mass is 32.2. The van der Waals surface area contributed by atoms with Crippen molar-refractivity contribution in [1.29, 1.82) is 0 Å². The molecule has 0 saturated carbocycles. The van der Waals surface area contributed by atoms with Gasteiger partial charge >= 0.3 is 0 Å². The summed E-state index contributed by atoms with van der Waals surface area (Å²) in [5, 5.41) is 33.4. The van der Waals surface area contributed by atoms with Gasteiger partial charge in [0.05, 0.1) is 30.6 Å². The lowest BCUT2D eigenvalue weighted by Gasteiger charge is -2.07. The number of phenolic OH excluding ortho intramolecular Hbond substituents is 1. The lowest BCUT2D eigenvalue weighted by molar-refractivity contribution is -0.301. The maximum absolute atomic E-state index is 10.8. The number of carboxylic acids is 1. The lowest BCUT2D eigenvalue weighted by Crippen LogP contribution is -2.24. The highest BCUT2D eigenvalue weighted by molar-refractivity contribution is 7.99. The van der Waals surface area contributed by atoms with Crippen LogP contribution in [0.3, 0.4) is 0 Å². The van der Waals surface area contributed by atoms with Gasteiger partial charge in [-0.2, -0.15) is 9.78 Å². The van der Waals surface area contributed by atoms with Crippen LogP contribution in [0.15, 0.2) is 45.2 Å². The molecule has 0 saturated heterocycles. The number of aromatic nitrogens is 3. The quantitative estimate of drug-likeness (QED) is 0.446. The number of nitrogens with zero attached hydrogens (tertiary/aromatic N) is 4. The molecule has 3 aromatic rings. The van der Waals surface area contributed by atoms with Crippen molar-refractivity contribution in [2.45, 2.75) is 19.0 Å². The van der Waals surface area contributed by atoms with Crippen LogP contribution in [0.1, 0.15) is 18.2 Å². The summed E-state index contributed by atoms with van der Waals surface area (Å²) in [5.41, 5.74) is 1.35. The first-order valence-electron chi connectivity index (χ1n) is 8.32. The van der Waals surface area contributed by atoms with Gasteiger partial charge in [-0.3, -0.25) is 0 Å².